The summed E-state index contributed by atoms with van der Waals surface area (Å²) in [6.45, 7) is 1.30. The van der Waals surface area contributed by atoms with Crippen LogP contribution >= 0.6 is 0 Å². The van der Waals surface area contributed by atoms with E-state index >= 15 is 0 Å². The number of halogens is 3. The number of aryl methyl sites for hydroxylation is 1. The average molecular weight is 189 g/mol. The molecule has 1 aromatic rings. The Morgan fingerprint density at radius 3 is 2.62 bits per heavy atom. The fraction of sp³-hybridized carbons (Fsp3) is 0.250. The summed E-state index contributed by atoms with van der Waals surface area (Å²) in [5.41, 5.74) is -1.16. The summed E-state index contributed by atoms with van der Waals surface area (Å²) in [6, 6.07) is 0.924. The molecule has 0 spiro atoms. The molecule has 0 amide bonds. The Morgan fingerprint density at radius 1 is 1.54 bits per heavy atom. The first-order valence-corrected chi connectivity index (χ1v) is 3.46. The highest BCUT2D eigenvalue weighted by molar-refractivity contribution is 5.72. The lowest BCUT2D eigenvalue weighted by Gasteiger charge is -2.03. The first kappa shape index (κ1) is 9.70. The molecule has 0 saturated heterocycles. The quantitative estimate of drug-likeness (QED) is 0.668. The molecular formula is C8H6F3NO. The van der Waals surface area contributed by atoms with E-state index in [0.717, 1.165) is 6.07 Å². The van der Waals surface area contributed by atoms with Crippen molar-refractivity contribution in [3.05, 3.63) is 28.8 Å². The fourth-order valence-corrected chi connectivity index (χ4v) is 0.898. The monoisotopic (exact) mass is 189 g/mol. The fourth-order valence-electron chi connectivity index (χ4n) is 0.898. The van der Waals surface area contributed by atoms with Crippen LogP contribution in [0.15, 0.2) is 6.07 Å². The van der Waals surface area contributed by atoms with Gasteiger partial charge in [0.25, 0.3) is 6.43 Å². The Morgan fingerprint density at radius 2 is 2.15 bits per heavy atom. The Hall–Kier alpha value is -1.39. The van der Waals surface area contributed by atoms with Gasteiger partial charge in [-0.25, -0.2) is 18.2 Å². The van der Waals surface area contributed by atoms with Crippen LogP contribution in [0.25, 0.3) is 0 Å². The van der Waals surface area contributed by atoms with Crippen molar-refractivity contribution in [2.24, 2.45) is 0 Å². The molecule has 1 rings (SSSR count). The number of alkyl halides is 2. The smallest absolute Gasteiger partial charge is 0.280 e. The summed E-state index contributed by atoms with van der Waals surface area (Å²) in [5.74, 6) is -0.848. The van der Waals surface area contributed by atoms with Crippen LogP contribution in [0.2, 0.25) is 0 Å². The summed E-state index contributed by atoms with van der Waals surface area (Å²) in [7, 11) is 0. The normalized spacial score (nSPS) is 10.5. The van der Waals surface area contributed by atoms with Crippen LogP contribution in [0, 0.1) is 12.7 Å². The third-order valence-corrected chi connectivity index (χ3v) is 1.52. The molecule has 0 radical (unpaired) electrons. The largest absolute Gasteiger partial charge is 0.296 e. The van der Waals surface area contributed by atoms with Gasteiger partial charge >= 0.3 is 0 Å². The van der Waals surface area contributed by atoms with E-state index in [1.54, 1.807) is 0 Å². The van der Waals surface area contributed by atoms with Gasteiger partial charge < -0.3 is 0 Å². The first-order valence-electron chi connectivity index (χ1n) is 3.46. The summed E-state index contributed by atoms with van der Waals surface area (Å²) < 4.78 is 37.1. The summed E-state index contributed by atoms with van der Waals surface area (Å²) in [4.78, 5) is 13.4. The zero-order chi connectivity index (χ0) is 10.0. The maximum Gasteiger partial charge on any atom is 0.280 e. The second kappa shape index (κ2) is 3.55. The maximum absolute atomic E-state index is 12.9. The SMILES string of the molecule is Cc1cc(C(F)F)nc(C=O)c1F. The van der Waals surface area contributed by atoms with Gasteiger partial charge in [0.15, 0.2) is 12.1 Å². The minimum absolute atomic E-state index is 0.00704. The Bertz CT molecular complexity index is 338. The zero-order valence-corrected chi connectivity index (χ0v) is 6.72. The van der Waals surface area contributed by atoms with E-state index in [-0.39, 0.29) is 11.8 Å². The topological polar surface area (TPSA) is 30.0 Å². The van der Waals surface area contributed by atoms with Crippen LogP contribution in [-0.2, 0) is 0 Å². The van der Waals surface area contributed by atoms with Gasteiger partial charge in [0, 0.05) is 0 Å². The standard InChI is InChI=1S/C8H6F3NO/c1-4-2-5(8(10)11)12-6(3-13)7(4)9/h2-3,8H,1H3. The van der Waals surface area contributed by atoms with E-state index in [9.17, 15) is 18.0 Å². The number of aromatic nitrogens is 1. The van der Waals surface area contributed by atoms with E-state index in [4.69, 9.17) is 0 Å². The van der Waals surface area contributed by atoms with Crippen LogP contribution < -0.4 is 0 Å². The number of rotatable bonds is 2. The van der Waals surface area contributed by atoms with E-state index in [1.165, 1.54) is 6.92 Å². The lowest BCUT2D eigenvalue weighted by molar-refractivity contribution is 0.111. The molecule has 0 bridgehead atoms. The molecule has 0 aliphatic rings. The molecule has 0 unspecified atom stereocenters. The molecular weight excluding hydrogens is 183 g/mol. The summed E-state index contributed by atoms with van der Waals surface area (Å²) >= 11 is 0. The van der Waals surface area contributed by atoms with Crippen molar-refractivity contribution in [1.29, 1.82) is 0 Å². The number of carbonyl (C=O) groups excluding carboxylic acids is 1. The minimum atomic E-state index is -2.79. The van der Waals surface area contributed by atoms with E-state index in [1.807, 2.05) is 0 Å². The van der Waals surface area contributed by atoms with Crippen molar-refractivity contribution < 1.29 is 18.0 Å². The molecule has 5 heteroatoms. The number of carbonyl (C=O) groups is 1. The lowest BCUT2D eigenvalue weighted by Crippen LogP contribution is -2.01. The highest BCUT2D eigenvalue weighted by atomic mass is 19.3. The van der Waals surface area contributed by atoms with Crippen molar-refractivity contribution in [3.63, 3.8) is 0 Å². The van der Waals surface area contributed by atoms with Gasteiger partial charge in [-0.15, -0.1) is 0 Å². The molecule has 2 nitrogen and oxygen atoms in total. The van der Waals surface area contributed by atoms with Crippen LogP contribution in [-0.4, -0.2) is 11.3 Å². The third kappa shape index (κ3) is 1.85. The van der Waals surface area contributed by atoms with Crippen LogP contribution in [0.1, 0.15) is 28.2 Å². The molecule has 70 valence electrons. The predicted octanol–water partition coefficient (Wildman–Crippen LogP) is 2.28. The van der Waals surface area contributed by atoms with Gasteiger partial charge in [-0.3, -0.25) is 4.79 Å². The lowest BCUT2D eigenvalue weighted by atomic mass is 10.2. The maximum atomic E-state index is 12.9. The molecule has 0 atom stereocenters. The molecule has 1 aromatic heterocycles. The Labute approximate surface area is 72.4 Å². The van der Waals surface area contributed by atoms with Crippen LogP contribution in [0.3, 0.4) is 0 Å². The van der Waals surface area contributed by atoms with E-state index < -0.39 is 23.6 Å². The number of nitrogens with zero attached hydrogens (tertiary/aromatic N) is 1. The van der Waals surface area contributed by atoms with Gasteiger partial charge in [-0.05, 0) is 18.6 Å². The van der Waals surface area contributed by atoms with Crippen molar-refractivity contribution in [2.45, 2.75) is 13.3 Å². The van der Waals surface area contributed by atoms with Crippen LogP contribution in [0.4, 0.5) is 13.2 Å². The van der Waals surface area contributed by atoms with Crippen molar-refractivity contribution in [1.82, 2.24) is 4.98 Å². The van der Waals surface area contributed by atoms with Crippen molar-refractivity contribution >= 4 is 6.29 Å². The van der Waals surface area contributed by atoms with E-state index in [2.05, 4.69) is 4.98 Å². The molecule has 0 aliphatic heterocycles. The molecule has 1 heterocycles. The minimum Gasteiger partial charge on any atom is -0.296 e. The number of pyridine rings is 1. The average Bonchev–Trinajstić information content (AvgIpc) is 2.09. The number of hydrogen-bond donors (Lipinski definition) is 0. The second-order valence-electron chi connectivity index (χ2n) is 2.48. The molecule has 0 N–H and O–H groups in total. The van der Waals surface area contributed by atoms with Gasteiger partial charge in [0.2, 0.25) is 0 Å². The molecule has 13 heavy (non-hydrogen) atoms. The highest BCUT2D eigenvalue weighted by Crippen LogP contribution is 2.19. The molecule has 0 saturated carbocycles. The van der Waals surface area contributed by atoms with Crippen molar-refractivity contribution in [3.8, 4) is 0 Å². The summed E-state index contributed by atoms with van der Waals surface area (Å²) in [5, 5.41) is 0. The van der Waals surface area contributed by atoms with Gasteiger partial charge in [-0.2, -0.15) is 0 Å². The Balaban J connectivity index is 3.30. The third-order valence-electron chi connectivity index (χ3n) is 1.52. The molecule has 0 aromatic carbocycles. The second-order valence-corrected chi connectivity index (χ2v) is 2.48. The number of hydrogen-bond acceptors (Lipinski definition) is 2. The highest BCUT2D eigenvalue weighted by Gasteiger charge is 2.14. The predicted molar refractivity (Wildman–Crippen MR) is 39.3 cm³/mol. The van der Waals surface area contributed by atoms with Crippen LogP contribution in [0.5, 0.6) is 0 Å². The summed E-state index contributed by atoms with van der Waals surface area (Å²) in [6.07, 6.45) is -2.67. The molecule has 0 aliphatic carbocycles. The molecule has 0 fully saturated rings. The first-order chi connectivity index (χ1) is 6.06. The zero-order valence-electron chi connectivity index (χ0n) is 6.72. The number of aldehydes is 1. The van der Waals surface area contributed by atoms with Gasteiger partial charge in [0.05, 0.1) is 0 Å². The van der Waals surface area contributed by atoms with E-state index in [0.29, 0.717) is 0 Å². The van der Waals surface area contributed by atoms with Gasteiger partial charge in [0.1, 0.15) is 11.4 Å². The van der Waals surface area contributed by atoms with Crippen molar-refractivity contribution in [2.75, 3.05) is 0 Å². The Kier molecular flexibility index (Phi) is 2.65. The van der Waals surface area contributed by atoms with Gasteiger partial charge in [-0.1, -0.05) is 0 Å².